The van der Waals surface area contributed by atoms with Crippen molar-refractivity contribution in [3.05, 3.63) is 41.0 Å². The number of esters is 1. The Balaban J connectivity index is 2.83. The molecule has 0 fully saturated rings. The van der Waals surface area contributed by atoms with Crippen LogP contribution in [0.25, 0.3) is 6.08 Å². The van der Waals surface area contributed by atoms with Crippen molar-refractivity contribution in [2.75, 3.05) is 6.61 Å². The summed E-state index contributed by atoms with van der Waals surface area (Å²) in [5.74, 6) is -0.560. The SMILES string of the molecule is CCCOC(=O)/C(C#N)=C/c1ccc(C)cc1. The molecule has 3 nitrogen and oxygen atoms in total. The number of benzene rings is 1. The molecule has 0 saturated heterocycles. The molecular formula is C14H15NO2. The van der Waals surface area contributed by atoms with Crippen LogP contribution in [0.1, 0.15) is 24.5 Å². The minimum absolute atomic E-state index is 0.0299. The highest BCUT2D eigenvalue weighted by Gasteiger charge is 2.09. The van der Waals surface area contributed by atoms with Crippen molar-refractivity contribution in [3.8, 4) is 6.07 Å². The van der Waals surface area contributed by atoms with Crippen molar-refractivity contribution in [1.82, 2.24) is 0 Å². The van der Waals surface area contributed by atoms with Gasteiger partial charge in [-0.2, -0.15) is 5.26 Å². The standard InChI is InChI=1S/C14H15NO2/c1-3-8-17-14(16)13(10-15)9-12-6-4-11(2)5-7-12/h4-7,9H,3,8H2,1-2H3/b13-9+. The second kappa shape index (κ2) is 6.49. The lowest BCUT2D eigenvalue weighted by Crippen LogP contribution is -2.07. The van der Waals surface area contributed by atoms with E-state index in [-0.39, 0.29) is 5.57 Å². The Kier molecular flexibility index (Phi) is 4.96. The van der Waals surface area contributed by atoms with Gasteiger partial charge in [0, 0.05) is 0 Å². The smallest absolute Gasteiger partial charge is 0.348 e. The molecule has 88 valence electrons. The second-order valence-corrected chi connectivity index (χ2v) is 3.72. The highest BCUT2D eigenvalue weighted by Crippen LogP contribution is 2.09. The van der Waals surface area contributed by atoms with Gasteiger partial charge in [-0.15, -0.1) is 0 Å². The summed E-state index contributed by atoms with van der Waals surface area (Å²) >= 11 is 0. The van der Waals surface area contributed by atoms with Crippen LogP contribution in [0.3, 0.4) is 0 Å². The normalized spacial score (nSPS) is 10.8. The summed E-state index contributed by atoms with van der Waals surface area (Å²) in [5.41, 5.74) is 1.98. The van der Waals surface area contributed by atoms with Gasteiger partial charge in [0.1, 0.15) is 11.6 Å². The highest BCUT2D eigenvalue weighted by molar-refractivity contribution is 5.97. The van der Waals surface area contributed by atoms with E-state index in [9.17, 15) is 4.79 Å². The third-order valence-corrected chi connectivity index (χ3v) is 2.17. The van der Waals surface area contributed by atoms with Crippen LogP contribution in [0, 0.1) is 18.3 Å². The zero-order valence-corrected chi connectivity index (χ0v) is 10.1. The maximum absolute atomic E-state index is 11.5. The lowest BCUT2D eigenvalue weighted by atomic mass is 10.1. The van der Waals surface area contributed by atoms with Gasteiger partial charge in [0.2, 0.25) is 0 Å². The fourth-order valence-corrected chi connectivity index (χ4v) is 1.24. The van der Waals surface area contributed by atoms with Crippen LogP contribution in [0.4, 0.5) is 0 Å². The first-order valence-electron chi connectivity index (χ1n) is 5.53. The fourth-order valence-electron chi connectivity index (χ4n) is 1.24. The molecule has 0 heterocycles. The largest absolute Gasteiger partial charge is 0.462 e. The van der Waals surface area contributed by atoms with Gasteiger partial charge < -0.3 is 4.74 Å². The third kappa shape index (κ3) is 4.12. The van der Waals surface area contributed by atoms with Crippen molar-refractivity contribution < 1.29 is 9.53 Å². The van der Waals surface area contributed by atoms with E-state index in [0.29, 0.717) is 6.61 Å². The number of nitrogens with zero attached hydrogens (tertiary/aromatic N) is 1. The van der Waals surface area contributed by atoms with Gasteiger partial charge in [-0.05, 0) is 25.0 Å². The van der Waals surface area contributed by atoms with Gasteiger partial charge in [0.25, 0.3) is 0 Å². The quantitative estimate of drug-likeness (QED) is 0.453. The number of hydrogen-bond acceptors (Lipinski definition) is 3. The Bertz CT molecular complexity index is 452. The molecule has 0 aromatic heterocycles. The summed E-state index contributed by atoms with van der Waals surface area (Å²) in [6.45, 7) is 4.23. The molecule has 3 heteroatoms. The first kappa shape index (κ1) is 13.0. The molecule has 0 radical (unpaired) electrons. The molecule has 0 saturated carbocycles. The molecular weight excluding hydrogens is 214 g/mol. The molecule has 0 spiro atoms. The molecule has 0 aliphatic carbocycles. The fraction of sp³-hybridized carbons (Fsp3) is 0.286. The lowest BCUT2D eigenvalue weighted by Gasteiger charge is -2.01. The number of ether oxygens (including phenoxy) is 1. The summed E-state index contributed by atoms with van der Waals surface area (Å²) in [4.78, 5) is 11.5. The Morgan fingerprint density at radius 3 is 2.59 bits per heavy atom. The molecule has 1 aromatic rings. The van der Waals surface area contributed by atoms with Crippen molar-refractivity contribution in [2.45, 2.75) is 20.3 Å². The Hall–Kier alpha value is -2.08. The summed E-state index contributed by atoms with van der Waals surface area (Å²) in [6, 6.07) is 9.44. The number of nitriles is 1. The average molecular weight is 229 g/mol. The van der Waals surface area contributed by atoms with E-state index in [1.54, 1.807) is 0 Å². The topological polar surface area (TPSA) is 50.1 Å². The lowest BCUT2D eigenvalue weighted by molar-refractivity contribution is -0.138. The van der Waals surface area contributed by atoms with E-state index in [4.69, 9.17) is 10.00 Å². The molecule has 0 N–H and O–H groups in total. The van der Waals surface area contributed by atoms with E-state index in [2.05, 4.69) is 0 Å². The maximum atomic E-state index is 11.5. The van der Waals surface area contributed by atoms with Crippen LogP contribution in [0.15, 0.2) is 29.8 Å². The van der Waals surface area contributed by atoms with Crippen LogP contribution in [0.5, 0.6) is 0 Å². The number of aryl methyl sites for hydroxylation is 1. The van der Waals surface area contributed by atoms with Crippen molar-refractivity contribution >= 4 is 12.0 Å². The van der Waals surface area contributed by atoms with E-state index in [1.165, 1.54) is 6.08 Å². The predicted molar refractivity (Wildman–Crippen MR) is 66.0 cm³/mol. The van der Waals surface area contributed by atoms with E-state index in [1.807, 2.05) is 44.2 Å². The van der Waals surface area contributed by atoms with Crippen LogP contribution in [-0.4, -0.2) is 12.6 Å². The maximum Gasteiger partial charge on any atom is 0.348 e. The second-order valence-electron chi connectivity index (χ2n) is 3.72. The van der Waals surface area contributed by atoms with Gasteiger partial charge in [0.05, 0.1) is 6.61 Å². The zero-order chi connectivity index (χ0) is 12.7. The predicted octanol–water partition coefficient (Wildman–Crippen LogP) is 2.86. The van der Waals surface area contributed by atoms with E-state index in [0.717, 1.165) is 17.5 Å². The minimum atomic E-state index is -0.560. The molecule has 0 atom stereocenters. The van der Waals surface area contributed by atoms with Crippen molar-refractivity contribution in [3.63, 3.8) is 0 Å². The summed E-state index contributed by atoms with van der Waals surface area (Å²) in [6.07, 6.45) is 2.28. The van der Waals surface area contributed by atoms with Crippen LogP contribution in [-0.2, 0) is 9.53 Å². The van der Waals surface area contributed by atoms with Crippen molar-refractivity contribution in [2.24, 2.45) is 0 Å². The van der Waals surface area contributed by atoms with Crippen LogP contribution < -0.4 is 0 Å². The van der Waals surface area contributed by atoms with Gasteiger partial charge in [-0.1, -0.05) is 36.8 Å². The zero-order valence-electron chi connectivity index (χ0n) is 10.1. The molecule has 17 heavy (non-hydrogen) atoms. The first-order chi connectivity index (χ1) is 8.17. The summed E-state index contributed by atoms with van der Waals surface area (Å²) in [7, 11) is 0. The van der Waals surface area contributed by atoms with Crippen LogP contribution in [0.2, 0.25) is 0 Å². The third-order valence-electron chi connectivity index (χ3n) is 2.17. The summed E-state index contributed by atoms with van der Waals surface area (Å²) in [5, 5.41) is 8.89. The van der Waals surface area contributed by atoms with Crippen molar-refractivity contribution in [1.29, 1.82) is 5.26 Å². The Morgan fingerprint density at radius 2 is 2.06 bits per heavy atom. The average Bonchev–Trinajstić information content (AvgIpc) is 2.35. The minimum Gasteiger partial charge on any atom is -0.462 e. The molecule has 0 bridgehead atoms. The number of carbonyl (C=O) groups excluding carboxylic acids is 1. The molecule has 0 aliphatic heterocycles. The highest BCUT2D eigenvalue weighted by atomic mass is 16.5. The van der Waals surface area contributed by atoms with Gasteiger partial charge in [-0.3, -0.25) is 0 Å². The number of rotatable bonds is 4. The molecule has 1 aromatic carbocycles. The number of hydrogen-bond donors (Lipinski definition) is 0. The Labute approximate surface area is 101 Å². The molecule has 0 amide bonds. The van der Waals surface area contributed by atoms with Gasteiger partial charge in [0.15, 0.2) is 0 Å². The number of carbonyl (C=O) groups is 1. The van der Waals surface area contributed by atoms with Gasteiger partial charge >= 0.3 is 5.97 Å². The molecule has 1 rings (SSSR count). The van der Waals surface area contributed by atoms with Gasteiger partial charge in [-0.25, -0.2) is 4.79 Å². The van der Waals surface area contributed by atoms with Crippen LogP contribution >= 0.6 is 0 Å². The van der Waals surface area contributed by atoms with E-state index < -0.39 is 5.97 Å². The molecule has 0 unspecified atom stereocenters. The summed E-state index contributed by atoms with van der Waals surface area (Å²) < 4.78 is 4.91. The first-order valence-corrected chi connectivity index (χ1v) is 5.53. The van der Waals surface area contributed by atoms with E-state index >= 15 is 0 Å². The molecule has 0 aliphatic rings. The monoisotopic (exact) mass is 229 g/mol. The Morgan fingerprint density at radius 1 is 1.41 bits per heavy atom.